The highest BCUT2D eigenvalue weighted by Crippen LogP contribution is 2.30. The highest BCUT2D eigenvalue weighted by atomic mass is 32.1. The number of fused-ring (bicyclic) bond motifs is 1. The fraction of sp³-hybridized carbons (Fsp3) is 0.308. The van der Waals surface area contributed by atoms with Gasteiger partial charge >= 0.3 is 0 Å². The summed E-state index contributed by atoms with van der Waals surface area (Å²) in [5, 5.41) is 0. The summed E-state index contributed by atoms with van der Waals surface area (Å²) in [6.45, 7) is 2.05. The van der Waals surface area contributed by atoms with Gasteiger partial charge in [0.1, 0.15) is 0 Å². The van der Waals surface area contributed by atoms with Crippen LogP contribution in [0.25, 0.3) is 0 Å². The number of nitrogen functional groups attached to an aromatic ring is 1. The van der Waals surface area contributed by atoms with Crippen LogP contribution in [0, 0.1) is 0 Å². The molecule has 2 aromatic rings. The Kier molecular flexibility index (Phi) is 2.73. The molecule has 4 heteroatoms. The minimum atomic E-state index is 0.847. The number of benzene rings is 1. The Morgan fingerprint density at radius 3 is 3.18 bits per heavy atom. The quantitative estimate of drug-likeness (QED) is 0.827. The van der Waals surface area contributed by atoms with E-state index in [0.717, 1.165) is 25.2 Å². The van der Waals surface area contributed by atoms with Crippen LogP contribution < -0.4 is 10.6 Å². The van der Waals surface area contributed by atoms with Crippen molar-refractivity contribution in [2.75, 3.05) is 17.2 Å². The number of aromatic nitrogens is 1. The smallest absolute Gasteiger partial charge is 0.0794 e. The monoisotopic (exact) mass is 245 g/mol. The van der Waals surface area contributed by atoms with E-state index in [9.17, 15) is 0 Å². The van der Waals surface area contributed by atoms with Crippen LogP contribution in [0.15, 0.2) is 29.9 Å². The van der Waals surface area contributed by atoms with Crippen molar-refractivity contribution in [2.24, 2.45) is 0 Å². The number of anilines is 2. The molecular weight excluding hydrogens is 230 g/mol. The van der Waals surface area contributed by atoms with E-state index in [0.29, 0.717) is 0 Å². The van der Waals surface area contributed by atoms with Crippen LogP contribution in [0.1, 0.15) is 16.9 Å². The van der Waals surface area contributed by atoms with Crippen LogP contribution >= 0.6 is 11.3 Å². The Balaban J connectivity index is 1.90. The van der Waals surface area contributed by atoms with Crippen LogP contribution in [-0.2, 0) is 13.0 Å². The summed E-state index contributed by atoms with van der Waals surface area (Å²) >= 11 is 1.71. The first kappa shape index (κ1) is 10.6. The first-order chi connectivity index (χ1) is 8.33. The number of nitrogens with two attached hydrogens (primary N) is 1. The third-order valence-electron chi connectivity index (χ3n) is 3.15. The van der Waals surface area contributed by atoms with Crippen LogP contribution in [0.5, 0.6) is 0 Å². The first-order valence-electron chi connectivity index (χ1n) is 5.83. The Bertz CT molecular complexity index is 507. The van der Waals surface area contributed by atoms with Crippen LogP contribution in [0.4, 0.5) is 11.4 Å². The molecule has 0 spiro atoms. The Morgan fingerprint density at radius 1 is 1.41 bits per heavy atom. The number of hydrogen-bond acceptors (Lipinski definition) is 4. The molecule has 0 radical (unpaired) electrons. The van der Waals surface area contributed by atoms with Gasteiger partial charge in [-0.3, -0.25) is 4.98 Å². The number of nitrogens with zero attached hydrogens (tertiary/aromatic N) is 2. The average molecular weight is 245 g/mol. The Hall–Kier alpha value is -1.55. The van der Waals surface area contributed by atoms with Gasteiger partial charge in [-0.15, -0.1) is 11.3 Å². The Labute approximate surface area is 105 Å². The van der Waals surface area contributed by atoms with Gasteiger partial charge in [0.05, 0.1) is 12.1 Å². The lowest BCUT2D eigenvalue weighted by Gasteiger charge is -2.31. The van der Waals surface area contributed by atoms with Crippen molar-refractivity contribution < 1.29 is 0 Å². The summed E-state index contributed by atoms with van der Waals surface area (Å²) in [4.78, 5) is 7.84. The predicted octanol–water partition coefficient (Wildman–Crippen LogP) is 2.68. The summed E-state index contributed by atoms with van der Waals surface area (Å²) in [6.07, 6.45) is 4.33. The molecule has 1 aliphatic rings. The molecular formula is C13H15N3S. The fourth-order valence-corrected chi connectivity index (χ4v) is 2.95. The van der Waals surface area contributed by atoms with Crippen LogP contribution in [0.3, 0.4) is 0 Å². The number of hydrogen-bond donors (Lipinski definition) is 1. The molecule has 2 N–H and O–H groups in total. The van der Waals surface area contributed by atoms with E-state index in [1.54, 1.807) is 11.3 Å². The molecule has 0 bridgehead atoms. The van der Waals surface area contributed by atoms with Crippen molar-refractivity contribution in [3.05, 3.63) is 40.3 Å². The molecule has 0 aliphatic carbocycles. The standard InChI is InChI=1S/C13H15N3S/c14-11-4-3-10-2-1-5-16(13(10)6-11)8-12-7-15-9-17-12/h3-4,6-7,9H,1-2,5,8,14H2. The minimum Gasteiger partial charge on any atom is -0.399 e. The lowest BCUT2D eigenvalue weighted by atomic mass is 10.0. The lowest BCUT2D eigenvalue weighted by molar-refractivity contribution is 0.695. The van der Waals surface area contributed by atoms with Gasteiger partial charge < -0.3 is 10.6 Å². The summed E-state index contributed by atoms with van der Waals surface area (Å²) in [5.74, 6) is 0. The van der Waals surface area contributed by atoms with Crippen molar-refractivity contribution in [2.45, 2.75) is 19.4 Å². The van der Waals surface area contributed by atoms with Crippen molar-refractivity contribution in [3.63, 3.8) is 0 Å². The van der Waals surface area contributed by atoms with E-state index < -0.39 is 0 Å². The highest BCUT2D eigenvalue weighted by Gasteiger charge is 2.17. The SMILES string of the molecule is Nc1ccc2c(c1)N(Cc1cncs1)CCC2. The highest BCUT2D eigenvalue weighted by molar-refractivity contribution is 7.09. The maximum Gasteiger partial charge on any atom is 0.0794 e. The molecule has 1 aromatic carbocycles. The van der Waals surface area contributed by atoms with E-state index >= 15 is 0 Å². The molecule has 3 nitrogen and oxygen atoms in total. The van der Waals surface area contributed by atoms with Gasteiger partial charge in [0.15, 0.2) is 0 Å². The van der Waals surface area contributed by atoms with Gasteiger partial charge in [0.2, 0.25) is 0 Å². The van der Waals surface area contributed by atoms with Crippen molar-refractivity contribution in [3.8, 4) is 0 Å². The molecule has 2 heterocycles. The Morgan fingerprint density at radius 2 is 2.35 bits per heavy atom. The number of aryl methyl sites for hydroxylation is 1. The molecule has 0 saturated heterocycles. The summed E-state index contributed by atoms with van der Waals surface area (Å²) in [5.41, 5.74) is 11.3. The number of rotatable bonds is 2. The largest absolute Gasteiger partial charge is 0.399 e. The van der Waals surface area contributed by atoms with Crippen molar-refractivity contribution in [1.29, 1.82) is 0 Å². The molecule has 3 rings (SSSR count). The summed E-state index contributed by atoms with van der Waals surface area (Å²) in [6, 6.07) is 6.24. The van der Waals surface area contributed by atoms with Gasteiger partial charge in [0.25, 0.3) is 0 Å². The molecule has 0 unspecified atom stereocenters. The zero-order chi connectivity index (χ0) is 11.7. The molecule has 1 aromatic heterocycles. The van der Waals surface area contributed by atoms with E-state index in [2.05, 4.69) is 22.0 Å². The van der Waals surface area contributed by atoms with E-state index in [4.69, 9.17) is 5.73 Å². The molecule has 0 saturated carbocycles. The lowest BCUT2D eigenvalue weighted by Crippen LogP contribution is -2.28. The maximum atomic E-state index is 5.88. The summed E-state index contributed by atoms with van der Waals surface area (Å²) in [7, 11) is 0. The average Bonchev–Trinajstić information content (AvgIpc) is 2.83. The third kappa shape index (κ3) is 2.13. The topological polar surface area (TPSA) is 42.1 Å². The van der Waals surface area contributed by atoms with E-state index in [-0.39, 0.29) is 0 Å². The normalized spacial score (nSPS) is 14.7. The van der Waals surface area contributed by atoms with Crippen LogP contribution in [-0.4, -0.2) is 11.5 Å². The van der Waals surface area contributed by atoms with Gasteiger partial charge in [-0.25, -0.2) is 0 Å². The molecule has 1 aliphatic heterocycles. The second-order valence-corrected chi connectivity index (χ2v) is 5.35. The zero-order valence-electron chi connectivity index (χ0n) is 9.60. The second kappa shape index (κ2) is 4.37. The van der Waals surface area contributed by atoms with Crippen molar-refractivity contribution in [1.82, 2.24) is 4.98 Å². The first-order valence-corrected chi connectivity index (χ1v) is 6.71. The maximum absolute atomic E-state index is 5.88. The zero-order valence-corrected chi connectivity index (χ0v) is 10.4. The predicted molar refractivity (Wildman–Crippen MR) is 72.3 cm³/mol. The van der Waals surface area contributed by atoms with Crippen LogP contribution in [0.2, 0.25) is 0 Å². The van der Waals surface area contributed by atoms with Crippen molar-refractivity contribution >= 4 is 22.7 Å². The molecule has 0 fully saturated rings. The molecule has 0 amide bonds. The van der Waals surface area contributed by atoms with Gasteiger partial charge in [-0.1, -0.05) is 6.07 Å². The van der Waals surface area contributed by atoms with E-state index in [1.165, 1.54) is 22.5 Å². The molecule has 17 heavy (non-hydrogen) atoms. The van der Waals surface area contributed by atoms with E-state index in [1.807, 2.05) is 17.8 Å². The summed E-state index contributed by atoms with van der Waals surface area (Å²) < 4.78 is 0. The minimum absolute atomic E-state index is 0.847. The third-order valence-corrected chi connectivity index (χ3v) is 3.92. The fourth-order valence-electron chi connectivity index (χ4n) is 2.34. The molecule has 0 atom stereocenters. The second-order valence-electron chi connectivity index (χ2n) is 4.38. The van der Waals surface area contributed by atoms with Gasteiger partial charge in [0, 0.05) is 29.0 Å². The van der Waals surface area contributed by atoms with Gasteiger partial charge in [-0.05, 0) is 30.5 Å². The number of thiazole rings is 1. The molecule has 88 valence electrons. The van der Waals surface area contributed by atoms with Gasteiger partial charge in [-0.2, -0.15) is 0 Å².